The number of hydrogen-bond donors (Lipinski definition) is 0. The highest BCUT2D eigenvalue weighted by Gasteiger charge is 2.33. The van der Waals surface area contributed by atoms with E-state index < -0.39 is 27.9 Å². The van der Waals surface area contributed by atoms with Crippen LogP contribution in [0.3, 0.4) is 0 Å². The predicted molar refractivity (Wildman–Crippen MR) is 146 cm³/mol. The van der Waals surface area contributed by atoms with Crippen LogP contribution in [0, 0.1) is 27.7 Å². The van der Waals surface area contributed by atoms with Crippen LogP contribution in [0.2, 0.25) is 0 Å². The fourth-order valence-corrected chi connectivity index (χ4v) is 7.08. The maximum atomic E-state index is 13.6. The molecular weight excluding hydrogens is 525 g/mol. The minimum atomic E-state index is -4.44. The van der Waals surface area contributed by atoms with Crippen LogP contribution in [0.4, 0.5) is 13.2 Å². The van der Waals surface area contributed by atoms with E-state index in [0.29, 0.717) is 43.2 Å². The van der Waals surface area contributed by atoms with Crippen LogP contribution in [-0.2, 0) is 20.9 Å². The Labute approximate surface area is 229 Å². The van der Waals surface area contributed by atoms with Gasteiger partial charge in [0.1, 0.15) is 6.10 Å². The van der Waals surface area contributed by atoms with Gasteiger partial charge in [0, 0.05) is 32.7 Å². The van der Waals surface area contributed by atoms with E-state index in [-0.39, 0.29) is 6.61 Å². The first kappa shape index (κ1) is 29.3. The summed E-state index contributed by atoms with van der Waals surface area (Å²) in [6, 6.07) is 16.4. The average molecular weight is 561 g/mol. The van der Waals surface area contributed by atoms with Crippen molar-refractivity contribution < 1.29 is 26.3 Å². The summed E-state index contributed by atoms with van der Waals surface area (Å²) in [5.41, 5.74) is 3.99. The van der Waals surface area contributed by atoms with Crippen molar-refractivity contribution in [3.05, 3.63) is 99.6 Å². The molecule has 9 heteroatoms. The Morgan fingerprint density at radius 1 is 0.821 bits per heavy atom. The van der Waals surface area contributed by atoms with Crippen molar-refractivity contribution in [2.75, 3.05) is 39.3 Å². The lowest BCUT2D eigenvalue weighted by Crippen LogP contribution is -2.49. The molecule has 5 nitrogen and oxygen atoms in total. The second kappa shape index (κ2) is 11.8. The number of hydrogen-bond acceptors (Lipinski definition) is 4. The van der Waals surface area contributed by atoms with E-state index in [1.165, 1.54) is 6.07 Å². The molecule has 0 N–H and O–H groups in total. The van der Waals surface area contributed by atoms with Gasteiger partial charge in [-0.05, 0) is 73.2 Å². The van der Waals surface area contributed by atoms with Crippen LogP contribution in [0.5, 0.6) is 0 Å². The van der Waals surface area contributed by atoms with Crippen LogP contribution in [0.25, 0.3) is 0 Å². The largest absolute Gasteiger partial charge is 0.416 e. The third-order valence-corrected chi connectivity index (χ3v) is 9.71. The van der Waals surface area contributed by atoms with Gasteiger partial charge in [0.05, 0.1) is 17.1 Å². The van der Waals surface area contributed by atoms with Gasteiger partial charge < -0.3 is 4.74 Å². The van der Waals surface area contributed by atoms with Gasteiger partial charge in [0.15, 0.2) is 0 Å². The molecule has 1 aliphatic heterocycles. The summed E-state index contributed by atoms with van der Waals surface area (Å²) in [4.78, 5) is 2.53. The number of rotatable bonds is 8. The van der Waals surface area contributed by atoms with Gasteiger partial charge in [0.2, 0.25) is 10.0 Å². The van der Waals surface area contributed by atoms with Gasteiger partial charge >= 0.3 is 6.18 Å². The van der Waals surface area contributed by atoms with E-state index >= 15 is 0 Å². The monoisotopic (exact) mass is 560 g/mol. The third-order valence-electron chi connectivity index (χ3n) is 7.54. The topological polar surface area (TPSA) is 49.9 Å². The number of ether oxygens (including phenoxy) is 1. The Morgan fingerprint density at radius 2 is 1.41 bits per heavy atom. The molecule has 0 unspecified atom stereocenters. The maximum Gasteiger partial charge on any atom is 0.416 e. The molecule has 0 spiro atoms. The molecule has 210 valence electrons. The molecule has 0 saturated carbocycles. The summed E-state index contributed by atoms with van der Waals surface area (Å²) < 4.78 is 74.9. The van der Waals surface area contributed by atoms with Crippen LogP contribution >= 0.6 is 0 Å². The average Bonchev–Trinajstić information content (AvgIpc) is 2.90. The minimum absolute atomic E-state index is 0.290. The fourth-order valence-electron chi connectivity index (χ4n) is 5.08. The zero-order valence-corrected chi connectivity index (χ0v) is 23.6. The van der Waals surface area contributed by atoms with E-state index in [2.05, 4.69) is 4.90 Å². The predicted octanol–water partition coefficient (Wildman–Crippen LogP) is 6.05. The molecule has 0 aromatic heterocycles. The number of piperazine rings is 1. The van der Waals surface area contributed by atoms with Crippen molar-refractivity contribution in [2.24, 2.45) is 0 Å². The van der Waals surface area contributed by atoms with Gasteiger partial charge in [-0.1, -0.05) is 48.5 Å². The highest BCUT2D eigenvalue weighted by atomic mass is 32.2. The number of benzene rings is 3. The molecule has 1 aliphatic rings. The molecule has 3 aromatic rings. The number of alkyl halides is 3. The molecule has 4 rings (SSSR count). The lowest BCUT2D eigenvalue weighted by Gasteiger charge is -2.35. The molecule has 0 aliphatic carbocycles. The molecule has 1 atom stereocenters. The first-order valence-electron chi connectivity index (χ1n) is 13.0. The minimum Gasteiger partial charge on any atom is -0.367 e. The molecule has 0 bridgehead atoms. The summed E-state index contributed by atoms with van der Waals surface area (Å²) in [6.45, 7) is 10.2. The van der Waals surface area contributed by atoms with Crippen LogP contribution < -0.4 is 0 Å². The quantitative estimate of drug-likeness (QED) is 0.337. The third kappa shape index (κ3) is 6.54. The van der Waals surface area contributed by atoms with Crippen molar-refractivity contribution in [3.63, 3.8) is 0 Å². The number of sulfonamides is 1. The Kier molecular flexibility index (Phi) is 8.85. The summed E-state index contributed by atoms with van der Waals surface area (Å²) >= 11 is 0. The molecule has 1 heterocycles. The Balaban J connectivity index is 1.41. The second-order valence-corrected chi connectivity index (χ2v) is 12.0. The summed E-state index contributed by atoms with van der Waals surface area (Å²) in [7, 11) is -3.63. The second-order valence-electron chi connectivity index (χ2n) is 10.1. The molecular formula is C30H35F3N2O3S. The molecule has 0 radical (unpaired) electrons. The van der Waals surface area contributed by atoms with Crippen molar-refractivity contribution in [1.29, 1.82) is 0 Å². The van der Waals surface area contributed by atoms with Crippen molar-refractivity contribution in [3.8, 4) is 0 Å². The van der Waals surface area contributed by atoms with E-state index in [1.54, 1.807) is 10.4 Å². The Hall–Kier alpha value is -2.72. The molecule has 1 saturated heterocycles. The number of nitrogens with zero attached hydrogens (tertiary/aromatic N) is 2. The number of aryl methyl sites for hydroxylation is 2. The Morgan fingerprint density at radius 3 is 2.00 bits per heavy atom. The SMILES string of the molecule is Cc1cc(C)c(C)c(S(=O)(=O)N2CCN(CCO[C@H](c3ccccc3)c3cccc(C(F)(F)F)c3)CC2)c1C. The first-order chi connectivity index (χ1) is 18.4. The highest BCUT2D eigenvalue weighted by molar-refractivity contribution is 7.89. The Bertz CT molecular complexity index is 1370. The lowest BCUT2D eigenvalue weighted by atomic mass is 9.99. The normalized spacial score (nSPS) is 16.4. The van der Waals surface area contributed by atoms with E-state index in [9.17, 15) is 21.6 Å². The van der Waals surface area contributed by atoms with Gasteiger partial charge in [-0.2, -0.15) is 17.5 Å². The zero-order valence-electron chi connectivity index (χ0n) is 22.8. The van der Waals surface area contributed by atoms with Crippen molar-refractivity contribution in [1.82, 2.24) is 9.21 Å². The van der Waals surface area contributed by atoms with E-state index in [4.69, 9.17) is 4.74 Å². The van der Waals surface area contributed by atoms with Gasteiger partial charge in [-0.15, -0.1) is 0 Å². The maximum absolute atomic E-state index is 13.6. The van der Waals surface area contributed by atoms with E-state index in [1.807, 2.05) is 64.1 Å². The van der Waals surface area contributed by atoms with Crippen LogP contribution in [-0.4, -0.2) is 57.0 Å². The molecule has 39 heavy (non-hydrogen) atoms. The van der Waals surface area contributed by atoms with Crippen molar-refractivity contribution in [2.45, 2.75) is 44.9 Å². The molecule has 1 fully saturated rings. The summed E-state index contributed by atoms with van der Waals surface area (Å²) in [5.74, 6) is 0. The van der Waals surface area contributed by atoms with Gasteiger partial charge in [0.25, 0.3) is 0 Å². The zero-order chi connectivity index (χ0) is 28.4. The smallest absolute Gasteiger partial charge is 0.367 e. The van der Waals surface area contributed by atoms with Crippen molar-refractivity contribution >= 4 is 10.0 Å². The lowest BCUT2D eigenvalue weighted by molar-refractivity contribution is -0.137. The van der Waals surface area contributed by atoms with Crippen LogP contribution in [0.15, 0.2) is 65.6 Å². The summed E-state index contributed by atoms with van der Waals surface area (Å²) in [6.07, 6.45) is -5.09. The van der Waals surface area contributed by atoms with Gasteiger partial charge in [-0.25, -0.2) is 8.42 Å². The molecule has 3 aromatic carbocycles. The highest BCUT2D eigenvalue weighted by Crippen LogP contribution is 2.34. The standard InChI is InChI=1S/C30H35F3N2O3S/c1-21-19-22(2)24(4)29(23(21)3)39(36,37)35-15-13-34(14-16-35)17-18-38-28(25-9-6-5-7-10-25)26-11-8-12-27(20-26)30(31,32)33/h5-12,19-20,28H,13-18H2,1-4H3/t28-/m1/s1. The number of halogens is 3. The van der Waals surface area contributed by atoms with E-state index in [0.717, 1.165) is 39.9 Å². The van der Waals surface area contributed by atoms with Crippen LogP contribution in [0.1, 0.15) is 45.0 Å². The fraction of sp³-hybridized carbons (Fsp3) is 0.400. The summed E-state index contributed by atoms with van der Waals surface area (Å²) in [5, 5.41) is 0. The molecule has 0 amide bonds. The van der Waals surface area contributed by atoms with Gasteiger partial charge in [-0.3, -0.25) is 4.90 Å². The first-order valence-corrected chi connectivity index (χ1v) is 14.5.